The summed E-state index contributed by atoms with van der Waals surface area (Å²) in [5, 5.41) is 17.5. The van der Waals surface area contributed by atoms with Gasteiger partial charge in [0.15, 0.2) is 0 Å². The van der Waals surface area contributed by atoms with Crippen molar-refractivity contribution in [1.29, 1.82) is 5.26 Å². The minimum atomic E-state index is -0.631. The number of H-pyrrole nitrogens is 1. The predicted octanol–water partition coefficient (Wildman–Crippen LogP) is 3.94. The normalized spacial score (nSPS) is 14.9. The van der Waals surface area contributed by atoms with E-state index in [1.165, 1.54) is 0 Å². The number of hydrogen-bond acceptors (Lipinski definition) is 7. The maximum absolute atomic E-state index is 10.0. The highest BCUT2D eigenvalue weighted by atomic mass is 16.5. The number of nitrogens with two attached hydrogens (primary N) is 1. The molecular weight excluding hydrogens is 408 g/mol. The van der Waals surface area contributed by atoms with E-state index in [9.17, 15) is 5.26 Å². The number of fused-ring (bicyclic) bond motifs is 1. The Hall–Kier alpha value is -4.12. The van der Waals surface area contributed by atoms with Crippen LogP contribution in [0.25, 0.3) is 11.3 Å². The molecule has 2 aromatic carbocycles. The lowest BCUT2D eigenvalue weighted by atomic mass is 9.81. The molecule has 0 aliphatic carbocycles. The van der Waals surface area contributed by atoms with Crippen molar-refractivity contribution in [1.82, 2.24) is 10.2 Å². The van der Waals surface area contributed by atoms with E-state index in [1.807, 2.05) is 26.0 Å². The number of hydrogen-bond donors (Lipinski definition) is 2. The van der Waals surface area contributed by atoms with Crippen molar-refractivity contribution in [3.63, 3.8) is 0 Å². The van der Waals surface area contributed by atoms with Crippen LogP contribution in [0.1, 0.15) is 28.2 Å². The van der Waals surface area contributed by atoms with Crippen molar-refractivity contribution in [2.45, 2.75) is 19.8 Å². The van der Waals surface area contributed by atoms with Crippen LogP contribution in [0, 0.1) is 25.2 Å². The lowest BCUT2D eigenvalue weighted by Gasteiger charge is -2.27. The predicted molar refractivity (Wildman–Crippen MR) is 119 cm³/mol. The van der Waals surface area contributed by atoms with Gasteiger partial charge in [-0.3, -0.25) is 5.10 Å². The van der Waals surface area contributed by atoms with Crippen LogP contribution in [0.5, 0.6) is 23.1 Å². The van der Waals surface area contributed by atoms with Crippen LogP contribution in [-0.4, -0.2) is 31.5 Å². The smallest absolute Gasteiger partial charge is 0.244 e. The van der Waals surface area contributed by atoms with Crippen LogP contribution in [0.2, 0.25) is 0 Å². The number of ether oxygens (including phenoxy) is 4. The molecule has 2 heterocycles. The van der Waals surface area contributed by atoms with Gasteiger partial charge in [-0.1, -0.05) is 23.8 Å². The minimum absolute atomic E-state index is 0.0106. The van der Waals surface area contributed by atoms with Gasteiger partial charge < -0.3 is 24.7 Å². The number of nitriles is 1. The van der Waals surface area contributed by atoms with Gasteiger partial charge in [-0.05, 0) is 19.4 Å². The van der Waals surface area contributed by atoms with Gasteiger partial charge in [0.1, 0.15) is 28.9 Å². The second kappa shape index (κ2) is 8.19. The Balaban J connectivity index is 2.05. The van der Waals surface area contributed by atoms with Gasteiger partial charge in [0.2, 0.25) is 11.8 Å². The Kier molecular flexibility index (Phi) is 5.41. The van der Waals surface area contributed by atoms with Crippen molar-refractivity contribution in [2.24, 2.45) is 5.73 Å². The van der Waals surface area contributed by atoms with Crippen LogP contribution in [0.3, 0.4) is 0 Å². The van der Waals surface area contributed by atoms with Crippen LogP contribution >= 0.6 is 0 Å². The van der Waals surface area contributed by atoms with E-state index >= 15 is 0 Å². The monoisotopic (exact) mass is 432 g/mol. The van der Waals surface area contributed by atoms with E-state index in [0.717, 1.165) is 22.4 Å². The molecule has 3 N–H and O–H groups in total. The molecule has 1 aliphatic rings. The van der Waals surface area contributed by atoms with Gasteiger partial charge in [-0.2, -0.15) is 5.26 Å². The van der Waals surface area contributed by atoms with Gasteiger partial charge in [-0.25, -0.2) is 0 Å². The second-order valence-corrected chi connectivity index (χ2v) is 7.51. The molecule has 0 radical (unpaired) electrons. The van der Waals surface area contributed by atoms with E-state index in [1.54, 1.807) is 33.5 Å². The Morgan fingerprint density at radius 1 is 1.03 bits per heavy atom. The quantitative estimate of drug-likeness (QED) is 0.627. The maximum Gasteiger partial charge on any atom is 0.244 e. The maximum atomic E-state index is 10.0. The Bertz CT molecular complexity index is 1240. The summed E-state index contributed by atoms with van der Waals surface area (Å²) in [4.78, 5) is 0. The zero-order valence-corrected chi connectivity index (χ0v) is 18.6. The first-order valence-corrected chi connectivity index (χ1v) is 9.96. The summed E-state index contributed by atoms with van der Waals surface area (Å²) in [6.07, 6.45) is 0. The van der Waals surface area contributed by atoms with Crippen molar-refractivity contribution < 1.29 is 18.9 Å². The number of nitrogens with zero attached hydrogens (tertiary/aromatic N) is 2. The number of aromatic nitrogens is 2. The first-order chi connectivity index (χ1) is 15.4. The molecule has 3 aromatic rings. The molecule has 1 atom stereocenters. The fourth-order valence-corrected chi connectivity index (χ4v) is 4.15. The number of methoxy groups -OCH3 is 3. The zero-order valence-electron chi connectivity index (χ0n) is 18.6. The van der Waals surface area contributed by atoms with Crippen molar-refractivity contribution in [2.75, 3.05) is 21.3 Å². The third kappa shape index (κ3) is 3.28. The number of allylic oxidation sites excluding steroid dienone is 1. The summed E-state index contributed by atoms with van der Waals surface area (Å²) < 4.78 is 22.5. The van der Waals surface area contributed by atoms with Gasteiger partial charge in [-0.15, -0.1) is 5.10 Å². The van der Waals surface area contributed by atoms with Gasteiger partial charge in [0, 0.05) is 23.3 Å². The molecule has 1 aliphatic heterocycles. The third-order valence-electron chi connectivity index (χ3n) is 5.63. The summed E-state index contributed by atoms with van der Waals surface area (Å²) in [6.45, 7) is 4.06. The molecule has 0 spiro atoms. The second-order valence-electron chi connectivity index (χ2n) is 7.51. The minimum Gasteiger partial charge on any atom is -0.496 e. The molecule has 0 saturated heterocycles. The van der Waals surface area contributed by atoms with Crippen molar-refractivity contribution in [3.05, 3.63) is 64.0 Å². The summed E-state index contributed by atoms with van der Waals surface area (Å²) in [5.41, 5.74) is 11.6. The Morgan fingerprint density at radius 2 is 1.72 bits per heavy atom. The van der Waals surface area contributed by atoms with E-state index in [2.05, 4.69) is 22.3 Å². The van der Waals surface area contributed by atoms with E-state index in [0.29, 0.717) is 34.3 Å². The zero-order chi connectivity index (χ0) is 23.0. The van der Waals surface area contributed by atoms with E-state index in [-0.39, 0.29) is 11.5 Å². The molecular formula is C24H24N4O4. The number of aromatic amines is 1. The Morgan fingerprint density at radius 3 is 2.28 bits per heavy atom. The summed E-state index contributed by atoms with van der Waals surface area (Å²) >= 11 is 0. The number of benzene rings is 2. The third-order valence-corrected chi connectivity index (χ3v) is 5.63. The van der Waals surface area contributed by atoms with Crippen LogP contribution in [0.15, 0.2) is 41.8 Å². The summed E-state index contributed by atoms with van der Waals surface area (Å²) in [6, 6.07) is 11.8. The fourth-order valence-electron chi connectivity index (χ4n) is 4.15. The molecule has 8 nitrogen and oxygen atoms in total. The molecule has 4 rings (SSSR count). The van der Waals surface area contributed by atoms with Gasteiger partial charge >= 0.3 is 0 Å². The molecule has 0 fully saturated rings. The highest BCUT2D eigenvalue weighted by molar-refractivity contribution is 5.75. The molecule has 164 valence electrons. The summed E-state index contributed by atoms with van der Waals surface area (Å²) in [5.74, 6) is 1.21. The number of aryl methyl sites for hydroxylation is 2. The SMILES string of the molecule is COc1cc(OC)c([C@H]2C(C#N)=C(N)Oc3n[nH]c(-c4ccc(C)cc4C)c32)c(OC)c1. The lowest BCUT2D eigenvalue weighted by molar-refractivity contribution is 0.358. The molecule has 32 heavy (non-hydrogen) atoms. The molecule has 8 heteroatoms. The highest BCUT2D eigenvalue weighted by Crippen LogP contribution is 2.51. The lowest BCUT2D eigenvalue weighted by Crippen LogP contribution is -2.21. The van der Waals surface area contributed by atoms with Crippen LogP contribution in [-0.2, 0) is 0 Å². The highest BCUT2D eigenvalue weighted by Gasteiger charge is 2.39. The van der Waals surface area contributed by atoms with E-state index in [4.69, 9.17) is 24.7 Å². The number of nitrogens with one attached hydrogen (secondary N) is 1. The number of rotatable bonds is 5. The van der Waals surface area contributed by atoms with Gasteiger partial charge in [0.05, 0.1) is 38.5 Å². The average molecular weight is 432 g/mol. The average Bonchev–Trinajstić information content (AvgIpc) is 3.20. The summed E-state index contributed by atoms with van der Waals surface area (Å²) in [7, 11) is 4.67. The largest absolute Gasteiger partial charge is 0.496 e. The Labute approximate surface area is 186 Å². The van der Waals surface area contributed by atoms with E-state index < -0.39 is 5.92 Å². The fraction of sp³-hybridized carbons (Fsp3) is 0.250. The molecule has 0 amide bonds. The first kappa shape index (κ1) is 21.1. The van der Waals surface area contributed by atoms with Crippen LogP contribution in [0.4, 0.5) is 0 Å². The molecule has 0 bridgehead atoms. The molecule has 0 unspecified atom stereocenters. The molecule has 0 saturated carbocycles. The van der Waals surface area contributed by atoms with Crippen molar-refractivity contribution >= 4 is 0 Å². The standard InChI is InChI=1S/C24H24N4O4/c1-12-6-7-15(13(2)8-12)22-21-19(16(11-25)23(26)32-24(21)28-27-22)20-17(30-4)9-14(29-3)10-18(20)31-5/h6-10,19H,26H2,1-5H3,(H,27,28)/t19-/m1/s1. The molecule has 1 aromatic heterocycles. The first-order valence-electron chi connectivity index (χ1n) is 9.96. The van der Waals surface area contributed by atoms with Crippen LogP contribution < -0.4 is 24.7 Å². The topological polar surface area (TPSA) is 115 Å². The van der Waals surface area contributed by atoms with Crippen molar-refractivity contribution in [3.8, 4) is 40.5 Å². The van der Waals surface area contributed by atoms with Gasteiger partial charge in [0.25, 0.3) is 0 Å².